The van der Waals surface area contributed by atoms with E-state index in [0.29, 0.717) is 5.92 Å². The number of ether oxygens (including phenoxy) is 1. The number of carbonyl (C=O) groups is 1. The van der Waals surface area contributed by atoms with E-state index in [-0.39, 0.29) is 23.9 Å². The van der Waals surface area contributed by atoms with Gasteiger partial charge < -0.3 is 10.1 Å². The van der Waals surface area contributed by atoms with Gasteiger partial charge in [-0.25, -0.2) is 4.39 Å². The maximum atomic E-state index is 14.2. The van der Waals surface area contributed by atoms with Gasteiger partial charge in [-0.3, -0.25) is 4.79 Å². The first kappa shape index (κ1) is 20.4. The molecule has 3 nitrogen and oxygen atoms in total. The fraction of sp³-hybridized carbons (Fsp3) is 0.458. The van der Waals surface area contributed by atoms with Crippen molar-refractivity contribution in [3.8, 4) is 5.75 Å². The lowest BCUT2D eigenvalue weighted by Crippen LogP contribution is -2.26. The van der Waals surface area contributed by atoms with Gasteiger partial charge in [-0.2, -0.15) is 0 Å². The summed E-state index contributed by atoms with van der Waals surface area (Å²) in [5, 5.41) is 2.89. The molecule has 0 bridgehead atoms. The van der Waals surface area contributed by atoms with Gasteiger partial charge >= 0.3 is 0 Å². The van der Waals surface area contributed by atoms with Crippen molar-refractivity contribution in [3.63, 3.8) is 0 Å². The van der Waals surface area contributed by atoms with Crippen molar-refractivity contribution in [2.24, 2.45) is 5.92 Å². The van der Waals surface area contributed by atoms with Gasteiger partial charge in [-0.15, -0.1) is 0 Å². The molecule has 150 valence electrons. The Morgan fingerprint density at radius 3 is 2.64 bits per heavy atom. The minimum atomic E-state index is -0.0908. The zero-order chi connectivity index (χ0) is 20.1. The summed E-state index contributed by atoms with van der Waals surface area (Å²) in [5.74, 6) is 1.18. The van der Waals surface area contributed by atoms with Crippen molar-refractivity contribution in [1.82, 2.24) is 5.32 Å². The molecule has 0 heterocycles. The first-order chi connectivity index (χ1) is 13.4. The van der Waals surface area contributed by atoms with Crippen LogP contribution < -0.4 is 10.1 Å². The molecule has 3 atom stereocenters. The zero-order valence-electron chi connectivity index (χ0n) is 17.0. The molecule has 28 heavy (non-hydrogen) atoms. The smallest absolute Gasteiger partial charge is 0.217 e. The molecule has 0 spiro atoms. The molecule has 1 N–H and O–H groups in total. The fourth-order valence-corrected chi connectivity index (χ4v) is 4.08. The molecule has 3 unspecified atom stereocenters. The van der Waals surface area contributed by atoms with Crippen LogP contribution in [-0.2, 0) is 11.2 Å². The van der Waals surface area contributed by atoms with E-state index in [2.05, 4.69) is 5.32 Å². The van der Waals surface area contributed by atoms with Crippen molar-refractivity contribution in [1.29, 1.82) is 0 Å². The van der Waals surface area contributed by atoms with Crippen LogP contribution in [0.4, 0.5) is 4.39 Å². The van der Waals surface area contributed by atoms with E-state index in [4.69, 9.17) is 4.74 Å². The fourth-order valence-electron chi connectivity index (χ4n) is 4.08. The summed E-state index contributed by atoms with van der Waals surface area (Å²) in [6, 6.07) is 13.4. The van der Waals surface area contributed by atoms with E-state index in [1.54, 1.807) is 6.07 Å². The highest BCUT2D eigenvalue weighted by molar-refractivity contribution is 5.73. The topological polar surface area (TPSA) is 38.3 Å². The number of amides is 1. The standard InChI is InChI=1S/C24H30FNO2/c1-16-7-8-21(24(25)13-16)14-19-5-4-6-23(15-19)28-22-11-9-20(10-12-22)17(2)26-18(3)27/h7-13,17,19,23H,4-6,14-15H2,1-3H3,(H,26,27). The maximum absolute atomic E-state index is 14.2. The van der Waals surface area contributed by atoms with Crippen LogP contribution in [0.5, 0.6) is 5.75 Å². The summed E-state index contributed by atoms with van der Waals surface area (Å²) in [4.78, 5) is 11.2. The summed E-state index contributed by atoms with van der Waals surface area (Å²) in [7, 11) is 0. The van der Waals surface area contributed by atoms with Gasteiger partial charge in [-0.1, -0.05) is 24.3 Å². The average molecular weight is 384 g/mol. The lowest BCUT2D eigenvalue weighted by molar-refractivity contribution is -0.119. The molecule has 3 rings (SSSR count). The molecule has 0 saturated heterocycles. The number of hydrogen-bond donors (Lipinski definition) is 1. The van der Waals surface area contributed by atoms with E-state index >= 15 is 0 Å². The Hall–Kier alpha value is -2.36. The Kier molecular flexibility index (Phi) is 6.71. The van der Waals surface area contributed by atoms with Crippen LogP contribution in [0, 0.1) is 18.7 Å². The molecule has 1 saturated carbocycles. The quantitative estimate of drug-likeness (QED) is 0.714. The number of rotatable bonds is 6. The normalized spacial score (nSPS) is 20.4. The van der Waals surface area contributed by atoms with Crippen LogP contribution in [0.25, 0.3) is 0 Å². The molecular formula is C24H30FNO2. The summed E-state index contributed by atoms with van der Waals surface area (Å²) < 4.78 is 20.4. The number of hydrogen-bond acceptors (Lipinski definition) is 2. The Balaban J connectivity index is 1.56. The lowest BCUT2D eigenvalue weighted by Gasteiger charge is -2.30. The van der Waals surface area contributed by atoms with Crippen LogP contribution in [0.2, 0.25) is 0 Å². The third-order valence-corrected chi connectivity index (χ3v) is 5.55. The van der Waals surface area contributed by atoms with E-state index in [0.717, 1.165) is 54.5 Å². The van der Waals surface area contributed by atoms with E-state index in [9.17, 15) is 9.18 Å². The second-order valence-corrected chi connectivity index (χ2v) is 8.06. The molecule has 4 heteroatoms. The highest BCUT2D eigenvalue weighted by Crippen LogP contribution is 2.31. The summed E-state index contributed by atoms with van der Waals surface area (Å²) in [6.07, 6.45) is 5.18. The predicted molar refractivity (Wildman–Crippen MR) is 110 cm³/mol. The number of aryl methyl sites for hydroxylation is 1. The molecule has 0 aromatic heterocycles. The van der Waals surface area contributed by atoms with Gasteiger partial charge in [0.05, 0.1) is 12.1 Å². The highest BCUT2D eigenvalue weighted by atomic mass is 19.1. The lowest BCUT2D eigenvalue weighted by atomic mass is 9.83. The van der Waals surface area contributed by atoms with Crippen molar-refractivity contribution in [2.45, 2.75) is 65.0 Å². The molecule has 1 aliphatic carbocycles. The van der Waals surface area contributed by atoms with Gasteiger partial charge in [0.25, 0.3) is 0 Å². The predicted octanol–water partition coefficient (Wildman–Crippen LogP) is 5.51. The highest BCUT2D eigenvalue weighted by Gasteiger charge is 2.24. The summed E-state index contributed by atoms with van der Waals surface area (Å²) in [5.41, 5.74) is 2.83. The van der Waals surface area contributed by atoms with Crippen molar-refractivity contribution < 1.29 is 13.9 Å². The number of carbonyl (C=O) groups excluding carboxylic acids is 1. The monoisotopic (exact) mass is 383 g/mol. The first-order valence-electron chi connectivity index (χ1n) is 10.2. The van der Waals surface area contributed by atoms with Crippen molar-refractivity contribution in [3.05, 3.63) is 65.0 Å². The van der Waals surface area contributed by atoms with Gasteiger partial charge in [0.15, 0.2) is 0 Å². The molecule has 0 radical (unpaired) electrons. The molecular weight excluding hydrogens is 353 g/mol. The van der Waals surface area contributed by atoms with Gasteiger partial charge in [0.1, 0.15) is 11.6 Å². The van der Waals surface area contributed by atoms with Crippen LogP contribution in [-0.4, -0.2) is 12.0 Å². The third-order valence-electron chi connectivity index (χ3n) is 5.55. The van der Waals surface area contributed by atoms with Crippen LogP contribution in [0.3, 0.4) is 0 Å². The second-order valence-electron chi connectivity index (χ2n) is 8.06. The van der Waals surface area contributed by atoms with Crippen LogP contribution in [0.1, 0.15) is 62.3 Å². The van der Waals surface area contributed by atoms with Gasteiger partial charge in [0, 0.05) is 6.92 Å². The Bertz CT molecular complexity index is 803. The Labute approximate surface area is 167 Å². The second kappa shape index (κ2) is 9.22. The van der Waals surface area contributed by atoms with E-state index in [1.165, 1.54) is 6.92 Å². The Morgan fingerprint density at radius 1 is 1.21 bits per heavy atom. The minimum Gasteiger partial charge on any atom is -0.490 e. The SMILES string of the molecule is CC(=O)NC(C)c1ccc(OC2CCCC(Cc3ccc(C)cc3F)C2)cc1. The van der Waals surface area contributed by atoms with E-state index < -0.39 is 0 Å². The molecule has 2 aromatic rings. The average Bonchev–Trinajstić information content (AvgIpc) is 2.64. The van der Waals surface area contributed by atoms with Crippen LogP contribution in [0.15, 0.2) is 42.5 Å². The summed E-state index contributed by atoms with van der Waals surface area (Å²) in [6.45, 7) is 5.41. The number of halogens is 1. The van der Waals surface area contributed by atoms with Gasteiger partial charge in [-0.05, 0) is 86.8 Å². The largest absolute Gasteiger partial charge is 0.490 e. The molecule has 0 aliphatic heterocycles. The summed E-state index contributed by atoms with van der Waals surface area (Å²) >= 11 is 0. The molecule has 1 fully saturated rings. The number of nitrogens with one attached hydrogen (secondary N) is 1. The van der Waals surface area contributed by atoms with Crippen LogP contribution >= 0.6 is 0 Å². The minimum absolute atomic E-state index is 0.0185. The Morgan fingerprint density at radius 2 is 1.96 bits per heavy atom. The van der Waals surface area contributed by atoms with Crippen molar-refractivity contribution in [2.75, 3.05) is 0 Å². The third kappa shape index (κ3) is 5.57. The van der Waals surface area contributed by atoms with Crippen molar-refractivity contribution >= 4 is 5.91 Å². The molecule has 1 amide bonds. The van der Waals surface area contributed by atoms with Gasteiger partial charge in [0.2, 0.25) is 5.91 Å². The van der Waals surface area contributed by atoms with E-state index in [1.807, 2.05) is 50.2 Å². The zero-order valence-corrected chi connectivity index (χ0v) is 17.0. The molecule has 2 aromatic carbocycles. The maximum Gasteiger partial charge on any atom is 0.217 e. The number of benzene rings is 2. The molecule has 1 aliphatic rings. The first-order valence-corrected chi connectivity index (χ1v) is 10.2.